The molecule has 28 heavy (non-hydrogen) atoms. The Balaban J connectivity index is 1.53. The van der Waals surface area contributed by atoms with Crippen LogP contribution in [0.1, 0.15) is 35.9 Å². The number of aryl methyl sites for hydroxylation is 2. The second kappa shape index (κ2) is 9.97. The summed E-state index contributed by atoms with van der Waals surface area (Å²) in [6.07, 6.45) is 4.84. The van der Waals surface area contributed by atoms with Crippen molar-refractivity contribution >= 4 is 40.4 Å². The SMILES string of the molecule is CC(=O)N(CCON(C=O)c1nc2c(s1)CCCC2)NCc1ccccc1Cl. The van der Waals surface area contributed by atoms with Gasteiger partial charge in [0.05, 0.1) is 18.8 Å². The van der Waals surface area contributed by atoms with Crippen LogP contribution in [0, 0.1) is 0 Å². The van der Waals surface area contributed by atoms with Gasteiger partial charge in [-0.2, -0.15) is 5.06 Å². The van der Waals surface area contributed by atoms with E-state index in [1.165, 1.54) is 28.1 Å². The topological polar surface area (TPSA) is 74.8 Å². The Morgan fingerprint density at radius 1 is 1.36 bits per heavy atom. The quantitative estimate of drug-likeness (QED) is 0.496. The predicted octanol–water partition coefficient (Wildman–Crippen LogP) is 3.12. The number of aromatic nitrogens is 1. The van der Waals surface area contributed by atoms with Gasteiger partial charge in [-0.15, -0.1) is 0 Å². The molecule has 150 valence electrons. The predicted molar refractivity (Wildman–Crippen MR) is 109 cm³/mol. The number of hydrazine groups is 1. The highest BCUT2D eigenvalue weighted by molar-refractivity contribution is 7.15. The van der Waals surface area contributed by atoms with Crippen LogP contribution in [0.5, 0.6) is 0 Å². The molecule has 9 heteroatoms. The summed E-state index contributed by atoms with van der Waals surface area (Å²) in [5.74, 6) is -0.155. The average Bonchev–Trinajstić information content (AvgIpc) is 3.12. The Kier molecular flexibility index (Phi) is 7.38. The molecular formula is C19H23ClN4O3S. The zero-order valence-electron chi connectivity index (χ0n) is 15.7. The van der Waals surface area contributed by atoms with E-state index in [9.17, 15) is 9.59 Å². The van der Waals surface area contributed by atoms with Crippen LogP contribution in [0.2, 0.25) is 5.02 Å². The fourth-order valence-electron chi connectivity index (χ4n) is 2.96. The summed E-state index contributed by atoms with van der Waals surface area (Å²) in [4.78, 5) is 34.6. The third-order valence-electron chi connectivity index (χ3n) is 4.46. The van der Waals surface area contributed by atoms with E-state index in [4.69, 9.17) is 16.4 Å². The standard InChI is InChI=1S/C19H23ClN4O3S/c1-14(26)23(21-12-15-6-2-3-7-16(15)20)10-11-27-24(13-25)19-22-17-8-4-5-9-18(17)28-19/h2-3,6-7,13,21H,4-5,8-12H2,1H3. The smallest absolute Gasteiger partial charge is 0.240 e. The van der Waals surface area contributed by atoms with Gasteiger partial charge in [0.25, 0.3) is 0 Å². The van der Waals surface area contributed by atoms with Gasteiger partial charge in [-0.1, -0.05) is 41.1 Å². The molecule has 0 radical (unpaired) electrons. The van der Waals surface area contributed by atoms with E-state index in [2.05, 4.69) is 10.4 Å². The normalized spacial score (nSPS) is 13.1. The molecule has 0 saturated heterocycles. The summed E-state index contributed by atoms with van der Waals surface area (Å²) >= 11 is 7.63. The molecule has 3 rings (SSSR count). The van der Waals surface area contributed by atoms with E-state index < -0.39 is 0 Å². The second-order valence-corrected chi connectivity index (χ2v) is 7.90. The largest absolute Gasteiger partial charge is 0.276 e. The number of fused-ring (bicyclic) bond motifs is 1. The Hall–Kier alpha value is -2.00. The molecule has 1 aromatic carbocycles. The van der Waals surface area contributed by atoms with Gasteiger partial charge in [0.1, 0.15) is 0 Å². The van der Waals surface area contributed by atoms with Crippen LogP contribution in [-0.2, 0) is 33.8 Å². The lowest BCUT2D eigenvalue weighted by Gasteiger charge is -2.23. The summed E-state index contributed by atoms with van der Waals surface area (Å²) in [5.41, 5.74) is 5.00. The van der Waals surface area contributed by atoms with Gasteiger partial charge in [0.2, 0.25) is 17.4 Å². The van der Waals surface area contributed by atoms with Gasteiger partial charge in [0.15, 0.2) is 0 Å². The first-order valence-electron chi connectivity index (χ1n) is 9.19. The maximum absolute atomic E-state index is 11.9. The van der Waals surface area contributed by atoms with Crippen molar-refractivity contribution in [1.29, 1.82) is 0 Å². The number of carbonyl (C=O) groups is 2. The minimum Gasteiger partial charge on any atom is -0.276 e. The van der Waals surface area contributed by atoms with Gasteiger partial charge in [-0.3, -0.25) is 19.4 Å². The Morgan fingerprint density at radius 2 is 2.14 bits per heavy atom. The molecule has 0 unspecified atom stereocenters. The second-order valence-electron chi connectivity index (χ2n) is 6.43. The van der Waals surface area contributed by atoms with Gasteiger partial charge >= 0.3 is 0 Å². The lowest BCUT2D eigenvalue weighted by molar-refractivity contribution is -0.133. The molecule has 2 amide bonds. The van der Waals surface area contributed by atoms with E-state index in [0.29, 0.717) is 23.1 Å². The summed E-state index contributed by atoms with van der Waals surface area (Å²) < 4.78 is 0. The van der Waals surface area contributed by atoms with Crippen molar-refractivity contribution in [2.75, 3.05) is 18.2 Å². The molecule has 1 heterocycles. The van der Waals surface area contributed by atoms with Crippen LogP contribution in [0.4, 0.5) is 5.13 Å². The molecule has 1 aliphatic rings. The number of halogens is 1. The van der Waals surface area contributed by atoms with Crippen molar-refractivity contribution in [3.05, 3.63) is 45.4 Å². The van der Waals surface area contributed by atoms with Gasteiger partial charge < -0.3 is 0 Å². The highest BCUT2D eigenvalue weighted by Crippen LogP contribution is 2.31. The van der Waals surface area contributed by atoms with Gasteiger partial charge in [0, 0.05) is 23.4 Å². The number of nitrogens with one attached hydrogen (secondary N) is 1. The van der Waals surface area contributed by atoms with Crippen molar-refractivity contribution in [3.8, 4) is 0 Å². The number of hydrogen-bond acceptors (Lipinski definition) is 6. The highest BCUT2D eigenvalue weighted by Gasteiger charge is 2.19. The number of nitrogens with zero attached hydrogens (tertiary/aromatic N) is 3. The maximum Gasteiger partial charge on any atom is 0.240 e. The summed E-state index contributed by atoms with van der Waals surface area (Å²) in [6, 6.07) is 7.43. The number of amides is 2. The molecule has 0 bridgehead atoms. The first-order valence-corrected chi connectivity index (χ1v) is 10.4. The molecule has 2 aromatic rings. The van der Waals surface area contributed by atoms with Gasteiger partial charge in [-0.25, -0.2) is 10.4 Å². The minimum absolute atomic E-state index is 0.151. The number of thiazole rings is 1. The molecule has 1 N–H and O–H groups in total. The molecule has 7 nitrogen and oxygen atoms in total. The fraction of sp³-hybridized carbons (Fsp3) is 0.421. The molecule has 1 aromatic heterocycles. The van der Waals surface area contributed by atoms with Crippen molar-refractivity contribution in [2.45, 2.75) is 39.2 Å². The minimum atomic E-state index is -0.155. The third kappa shape index (κ3) is 5.29. The van der Waals surface area contributed by atoms with Crippen LogP contribution in [0.25, 0.3) is 0 Å². The number of hydroxylamine groups is 1. The van der Waals surface area contributed by atoms with Crippen molar-refractivity contribution < 1.29 is 14.4 Å². The number of rotatable bonds is 9. The summed E-state index contributed by atoms with van der Waals surface area (Å²) in [5, 5.41) is 3.77. The van der Waals surface area contributed by atoms with Crippen LogP contribution in [0.15, 0.2) is 24.3 Å². The lowest BCUT2D eigenvalue weighted by Crippen LogP contribution is -2.44. The monoisotopic (exact) mass is 422 g/mol. The van der Waals surface area contributed by atoms with E-state index in [-0.39, 0.29) is 19.1 Å². The zero-order chi connectivity index (χ0) is 19.9. The number of hydrogen-bond donors (Lipinski definition) is 1. The van der Waals surface area contributed by atoms with Crippen LogP contribution < -0.4 is 10.5 Å². The fourth-order valence-corrected chi connectivity index (χ4v) is 4.24. The van der Waals surface area contributed by atoms with E-state index in [1.54, 1.807) is 6.07 Å². The summed E-state index contributed by atoms with van der Waals surface area (Å²) in [7, 11) is 0. The van der Waals surface area contributed by atoms with Crippen molar-refractivity contribution in [3.63, 3.8) is 0 Å². The molecule has 0 fully saturated rings. The zero-order valence-corrected chi connectivity index (χ0v) is 17.3. The molecular weight excluding hydrogens is 400 g/mol. The average molecular weight is 423 g/mol. The highest BCUT2D eigenvalue weighted by atomic mass is 35.5. The Morgan fingerprint density at radius 3 is 2.86 bits per heavy atom. The number of anilines is 1. The van der Waals surface area contributed by atoms with Gasteiger partial charge in [-0.05, 0) is 37.3 Å². The van der Waals surface area contributed by atoms with Crippen LogP contribution in [-0.4, -0.2) is 35.5 Å². The van der Waals surface area contributed by atoms with E-state index in [0.717, 1.165) is 42.0 Å². The third-order valence-corrected chi connectivity index (χ3v) is 5.97. The molecule has 0 saturated carbocycles. The maximum atomic E-state index is 11.9. The van der Waals surface area contributed by atoms with Crippen molar-refractivity contribution in [1.82, 2.24) is 15.4 Å². The lowest BCUT2D eigenvalue weighted by atomic mass is 10.0. The Labute approximate surface area is 173 Å². The number of carbonyl (C=O) groups excluding carboxylic acids is 2. The van der Waals surface area contributed by atoms with E-state index >= 15 is 0 Å². The molecule has 1 aliphatic carbocycles. The van der Waals surface area contributed by atoms with Crippen molar-refractivity contribution in [2.24, 2.45) is 0 Å². The molecule has 0 aliphatic heterocycles. The first kappa shape index (κ1) is 20.7. The molecule has 0 spiro atoms. The molecule has 0 atom stereocenters. The summed E-state index contributed by atoms with van der Waals surface area (Å²) in [6.45, 7) is 2.30. The first-order chi connectivity index (χ1) is 13.6. The van der Waals surface area contributed by atoms with Crippen LogP contribution >= 0.6 is 22.9 Å². The van der Waals surface area contributed by atoms with E-state index in [1.807, 2.05) is 18.2 Å². The number of benzene rings is 1. The Bertz CT molecular complexity index is 806. The van der Waals surface area contributed by atoms with Crippen LogP contribution in [0.3, 0.4) is 0 Å².